The third-order valence-corrected chi connectivity index (χ3v) is 3.07. The molecule has 0 saturated carbocycles. The van der Waals surface area contributed by atoms with Crippen molar-refractivity contribution in [2.75, 3.05) is 64.2 Å². The summed E-state index contributed by atoms with van der Waals surface area (Å²) in [5.74, 6) is -1.83. The van der Waals surface area contributed by atoms with Crippen LogP contribution in [0.2, 0.25) is 0 Å². The number of hydrogen-bond acceptors (Lipinski definition) is 10. The van der Waals surface area contributed by atoms with Crippen molar-refractivity contribution in [1.82, 2.24) is 10.6 Å². The number of esters is 2. The fourth-order valence-corrected chi connectivity index (χ4v) is 1.53. The Hall–Kier alpha value is -1.50. The molecule has 0 radical (unpaired) electrons. The van der Waals surface area contributed by atoms with Gasteiger partial charge >= 0.3 is 11.9 Å². The first kappa shape index (κ1) is 24.5. The fourth-order valence-electron chi connectivity index (χ4n) is 1.31. The first-order valence-corrected chi connectivity index (χ1v) is 8.98. The van der Waals surface area contributed by atoms with E-state index in [1.165, 1.54) is 0 Å². The summed E-state index contributed by atoms with van der Waals surface area (Å²) in [7, 11) is 0. The summed E-state index contributed by atoms with van der Waals surface area (Å²) in [5, 5.41) is 4.65. The van der Waals surface area contributed by atoms with Crippen LogP contribution in [0.15, 0.2) is 0 Å². The predicted molar refractivity (Wildman–Crippen MR) is 97.3 cm³/mol. The lowest BCUT2D eigenvalue weighted by Gasteiger charge is -2.08. The molecule has 0 fully saturated rings. The van der Waals surface area contributed by atoms with Crippen LogP contribution in [0.25, 0.3) is 0 Å². The van der Waals surface area contributed by atoms with Crippen molar-refractivity contribution in [3.8, 4) is 0 Å². The van der Waals surface area contributed by atoms with Crippen LogP contribution in [-0.4, -0.2) is 88.0 Å². The van der Waals surface area contributed by atoms with Crippen molar-refractivity contribution >= 4 is 49.0 Å². The van der Waals surface area contributed by atoms with Crippen LogP contribution in [0.3, 0.4) is 0 Å². The Balaban J connectivity index is 3.33. The molecule has 2 amide bonds. The van der Waals surface area contributed by atoms with Crippen molar-refractivity contribution < 1.29 is 38.1 Å². The molecule has 0 rings (SSSR count). The lowest BCUT2D eigenvalue weighted by Crippen LogP contribution is -2.32. The van der Waals surface area contributed by atoms with Gasteiger partial charge in [0.2, 0.25) is 11.8 Å². The smallest absolute Gasteiger partial charge is 0.325 e. The van der Waals surface area contributed by atoms with Gasteiger partial charge in [-0.2, -0.15) is 25.3 Å². The van der Waals surface area contributed by atoms with Crippen molar-refractivity contribution in [3.63, 3.8) is 0 Å². The molecule has 0 aliphatic heterocycles. The van der Waals surface area contributed by atoms with Crippen molar-refractivity contribution in [2.24, 2.45) is 0 Å². The van der Waals surface area contributed by atoms with Crippen LogP contribution < -0.4 is 10.6 Å². The summed E-state index contributed by atoms with van der Waals surface area (Å²) in [4.78, 5) is 44.2. The summed E-state index contributed by atoms with van der Waals surface area (Å²) in [5.41, 5.74) is 0. The topological polar surface area (TPSA) is 129 Å². The number of thiol groups is 2. The van der Waals surface area contributed by atoms with Gasteiger partial charge in [0.05, 0.1) is 37.9 Å². The van der Waals surface area contributed by atoms with Crippen molar-refractivity contribution in [3.05, 3.63) is 0 Å². The van der Waals surface area contributed by atoms with Gasteiger partial charge in [-0.3, -0.25) is 19.2 Å². The summed E-state index contributed by atoms with van der Waals surface area (Å²) in [6, 6.07) is 0. The average molecular weight is 412 g/mol. The Bertz CT molecular complexity index is 411. The second-order valence-electron chi connectivity index (χ2n) is 4.54. The Labute approximate surface area is 162 Å². The predicted octanol–water partition coefficient (Wildman–Crippen LogP) is -1.80. The minimum atomic E-state index is -0.563. The van der Waals surface area contributed by atoms with Gasteiger partial charge in [-0.1, -0.05) is 0 Å². The van der Waals surface area contributed by atoms with E-state index in [-0.39, 0.29) is 76.1 Å². The van der Waals surface area contributed by atoms with Crippen molar-refractivity contribution in [2.45, 2.75) is 0 Å². The van der Waals surface area contributed by atoms with E-state index < -0.39 is 11.9 Å². The van der Waals surface area contributed by atoms with Crippen molar-refractivity contribution in [1.29, 1.82) is 0 Å². The van der Waals surface area contributed by atoms with E-state index >= 15 is 0 Å². The summed E-state index contributed by atoms with van der Waals surface area (Å²) in [6.45, 7) is 0.639. The van der Waals surface area contributed by atoms with Crippen LogP contribution in [0.4, 0.5) is 0 Å². The minimum absolute atomic E-state index is 0.00220. The van der Waals surface area contributed by atoms with E-state index in [0.29, 0.717) is 0 Å². The molecule has 0 aliphatic carbocycles. The lowest BCUT2D eigenvalue weighted by molar-refractivity contribution is -0.146. The second-order valence-corrected chi connectivity index (χ2v) is 5.17. The lowest BCUT2D eigenvalue weighted by atomic mass is 10.6. The summed E-state index contributed by atoms with van der Waals surface area (Å²) in [6.07, 6.45) is 0. The van der Waals surface area contributed by atoms with Crippen LogP contribution in [0, 0.1) is 0 Å². The summed E-state index contributed by atoms with van der Waals surface area (Å²) < 4.78 is 20.0. The van der Waals surface area contributed by atoms with E-state index in [0.717, 1.165) is 0 Å². The minimum Gasteiger partial charge on any atom is -0.462 e. The molecule has 150 valence electrons. The maximum atomic E-state index is 11.2. The molecule has 0 bridgehead atoms. The first-order chi connectivity index (χ1) is 12.5. The van der Waals surface area contributed by atoms with Gasteiger partial charge in [0, 0.05) is 0 Å². The van der Waals surface area contributed by atoms with E-state index in [4.69, 9.17) is 18.9 Å². The molecule has 0 unspecified atom stereocenters. The van der Waals surface area contributed by atoms with Crippen LogP contribution >= 0.6 is 25.3 Å². The zero-order valence-corrected chi connectivity index (χ0v) is 16.0. The zero-order valence-electron chi connectivity index (χ0n) is 14.2. The number of nitrogens with one attached hydrogen (secondary N) is 2. The highest BCUT2D eigenvalue weighted by Gasteiger charge is 2.06. The number of rotatable bonds is 15. The van der Waals surface area contributed by atoms with Gasteiger partial charge in [0.15, 0.2) is 0 Å². The Morgan fingerprint density at radius 1 is 0.615 bits per heavy atom. The third kappa shape index (κ3) is 16.0. The maximum Gasteiger partial charge on any atom is 0.325 e. The van der Waals surface area contributed by atoms with E-state index in [9.17, 15) is 19.2 Å². The largest absolute Gasteiger partial charge is 0.462 e. The van der Waals surface area contributed by atoms with E-state index in [2.05, 4.69) is 35.9 Å². The average Bonchev–Trinajstić information content (AvgIpc) is 2.65. The molecule has 0 spiro atoms. The van der Waals surface area contributed by atoms with E-state index in [1.54, 1.807) is 0 Å². The molecule has 26 heavy (non-hydrogen) atoms. The molecule has 10 nitrogen and oxygen atoms in total. The summed E-state index contributed by atoms with van der Waals surface area (Å²) >= 11 is 7.50. The Kier molecular flexibility index (Phi) is 16.0. The van der Waals surface area contributed by atoms with Gasteiger partial charge in [-0.15, -0.1) is 0 Å². The molecule has 0 atom stereocenters. The number of carbonyl (C=O) groups excluding carboxylic acids is 4. The molecule has 0 aromatic carbocycles. The molecule has 0 aliphatic rings. The van der Waals surface area contributed by atoms with Gasteiger partial charge in [-0.05, 0) is 0 Å². The Morgan fingerprint density at radius 3 is 1.31 bits per heavy atom. The van der Waals surface area contributed by atoms with E-state index in [1.807, 2.05) is 0 Å². The molecule has 0 saturated heterocycles. The third-order valence-electron chi connectivity index (χ3n) is 2.50. The molecular weight excluding hydrogens is 388 g/mol. The molecule has 0 aromatic heterocycles. The normalized spacial score (nSPS) is 10.1. The zero-order chi connectivity index (χ0) is 19.6. The SMILES string of the molecule is O=C(CS)NCC(=O)OCCOCCOCCOC(=O)CNC(=O)CS. The first-order valence-electron chi connectivity index (χ1n) is 7.71. The molecule has 2 N–H and O–H groups in total. The quantitative estimate of drug-likeness (QED) is 0.141. The molecular formula is C14H24N2O8S2. The number of hydrogen-bond donors (Lipinski definition) is 4. The molecule has 0 heterocycles. The van der Waals surface area contributed by atoms with Crippen LogP contribution in [0.5, 0.6) is 0 Å². The highest BCUT2D eigenvalue weighted by Crippen LogP contribution is 1.85. The van der Waals surface area contributed by atoms with Gasteiger partial charge < -0.3 is 29.6 Å². The standard InChI is InChI=1S/C14H24N2O8S2/c17-11(9-25)15-7-13(19)23-5-3-21-1-2-22-4-6-24-14(20)8-16-12(18)10-26/h25-26H,1-10H2,(H,15,17)(H,16,18). The molecule has 0 aromatic rings. The highest BCUT2D eigenvalue weighted by atomic mass is 32.1. The fraction of sp³-hybridized carbons (Fsp3) is 0.714. The van der Waals surface area contributed by atoms with Gasteiger partial charge in [0.1, 0.15) is 26.3 Å². The number of ether oxygens (including phenoxy) is 4. The number of amides is 2. The highest BCUT2D eigenvalue weighted by molar-refractivity contribution is 7.81. The Morgan fingerprint density at radius 2 is 0.962 bits per heavy atom. The maximum absolute atomic E-state index is 11.2. The van der Waals surface area contributed by atoms with Crippen LogP contribution in [0.1, 0.15) is 0 Å². The molecule has 12 heteroatoms. The van der Waals surface area contributed by atoms with Crippen LogP contribution in [-0.2, 0) is 38.1 Å². The van der Waals surface area contributed by atoms with Gasteiger partial charge in [-0.25, -0.2) is 0 Å². The van der Waals surface area contributed by atoms with Gasteiger partial charge in [0.25, 0.3) is 0 Å². The number of carbonyl (C=O) groups is 4. The second kappa shape index (κ2) is 16.9. The monoisotopic (exact) mass is 412 g/mol.